The molecule has 1 aliphatic rings. The second kappa shape index (κ2) is 4.99. The number of pyridine rings is 1. The molecule has 1 unspecified atom stereocenters. The molecule has 1 aromatic heterocycles. The lowest BCUT2D eigenvalue weighted by Crippen LogP contribution is -2.19. The fourth-order valence-electron chi connectivity index (χ4n) is 1.42. The van der Waals surface area contributed by atoms with Gasteiger partial charge in [-0.25, -0.2) is 4.98 Å². The molecule has 0 aliphatic carbocycles. The van der Waals surface area contributed by atoms with Crippen LogP contribution >= 0.6 is 0 Å². The van der Waals surface area contributed by atoms with Crippen LogP contribution in [0.3, 0.4) is 0 Å². The summed E-state index contributed by atoms with van der Waals surface area (Å²) in [7, 11) is 1.96. The highest BCUT2D eigenvalue weighted by atomic mass is 16.7. The van der Waals surface area contributed by atoms with Crippen molar-refractivity contribution in [3.63, 3.8) is 0 Å². The van der Waals surface area contributed by atoms with Crippen LogP contribution in [-0.2, 0) is 0 Å². The van der Waals surface area contributed by atoms with Crippen LogP contribution in [0.5, 0.6) is 11.6 Å². The van der Waals surface area contributed by atoms with Gasteiger partial charge in [0.05, 0.1) is 0 Å². The number of fused-ring (bicyclic) bond motifs is 1. The van der Waals surface area contributed by atoms with Gasteiger partial charge in [0.25, 0.3) is 5.88 Å². The molecular weight excluding hydrogens is 204 g/mol. The normalized spacial score (nSPS) is 15.6. The number of ether oxygens (including phenoxy) is 2. The number of rotatable bonds is 4. The summed E-state index contributed by atoms with van der Waals surface area (Å²) in [4.78, 5) is 4.16. The lowest BCUT2D eigenvalue weighted by molar-refractivity contribution is 0.171. The zero-order chi connectivity index (χ0) is 11.4. The van der Waals surface area contributed by atoms with Crippen molar-refractivity contribution >= 4 is 6.08 Å². The first-order chi connectivity index (χ1) is 7.79. The van der Waals surface area contributed by atoms with Crippen molar-refractivity contribution in [3.8, 4) is 11.6 Å². The van der Waals surface area contributed by atoms with E-state index in [0.717, 1.165) is 17.7 Å². The van der Waals surface area contributed by atoms with Gasteiger partial charge in [-0.05, 0) is 32.0 Å². The molecule has 4 nitrogen and oxygen atoms in total. The fourth-order valence-corrected chi connectivity index (χ4v) is 1.42. The highest BCUT2D eigenvalue weighted by Gasteiger charge is 2.13. The number of aromatic nitrogens is 1. The van der Waals surface area contributed by atoms with Gasteiger partial charge in [-0.2, -0.15) is 0 Å². The molecular formula is C12H16N2O2. The summed E-state index contributed by atoms with van der Waals surface area (Å²) in [5.74, 6) is 1.31. The van der Waals surface area contributed by atoms with Crippen LogP contribution < -0.4 is 14.8 Å². The van der Waals surface area contributed by atoms with Crippen molar-refractivity contribution in [2.45, 2.75) is 19.4 Å². The summed E-state index contributed by atoms with van der Waals surface area (Å²) < 4.78 is 10.4. The monoisotopic (exact) mass is 220 g/mol. The minimum Gasteiger partial charge on any atom is -0.452 e. The maximum atomic E-state index is 5.26. The molecule has 0 aromatic carbocycles. The van der Waals surface area contributed by atoms with E-state index in [1.807, 2.05) is 19.2 Å². The molecule has 16 heavy (non-hydrogen) atoms. The average molecular weight is 220 g/mol. The molecule has 2 heterocycles. The second-order valence-corrected chi connectivity index (χ2v) is 3.81. The molecule has 1 aromatic rings. The first kappa shape index (κ1) is 11.0. The summed E-state index contributed by atoms with van der Waals surface area (Å²) >= 11 is 0. The summed E-state index contributed by atoms with van der Waals surface area (Å²) in [5, 5.41) is 3.18. The van der Waals surface area contributed by atoms with Gasteiger partial charge in [0.15, 0.2) is 5.75 Å². The first-order valence-corrected chi connectivity index (χ1v) is 5.39. The van der Waals surface area contributed by atoms with Crippen LogP contribution in [0.4, 0.5) is 0 Å². The van der Waals surface area contributed by atoms with Gasteiger partial charge < -0.3 is 14.8 Å². The largest absolute Gasteiger partial charge is 0.452 e. The minimum atomic E-state index is 0.270. The molecule has 0 amide bonds. The molecule has 1 aliphatic heterocycles. The van der Waals surface area contributed by atoms with Crippen molar-refractivity contribution in [1.82, 2.24) is 10.3 Å². The van der Waals surface area contributed by atoms with Gasteiger partial charge in [0.1, 0.15) is 0 Å². The molecule has 0 radical (unpaired) electrons. The highest BCUT2D eigenvalue weighted by molar-refractivity contribution is 5.53. The first-order valence-electron chi connectivity index (χ1n) is 5.39. The van der Waals surface area contributed by atoms with E-state index in [1.54, 1.807) is 6.20 Å². The van der Waals surface area contributed by atoms with Crippen LogP contribution in [0.2, 0.25) is 0 Å². The maximum absolute atomic E-state index is 5.26. The Morgan fingerprint density at radius 2 is 2.44 bits per heavy atom. The van der Waals surface area contributed by atoms with Crippen molar-refractivity contribution in [1.29, 1.82) is 0 Å². The zero-order valence-electron chi connectivity index (χ0n) is 9.56. The van der Waals surface area contributed by atoms with Gasteiger partial charge in [0.2, 0.25) is 6.79 Å². The summed E-state index contributed by atoms with van der Waals surface area (Å²) in [6.07, 6.45) is 6.95. The molecule has 0 saturated carbocycles. The number of nitrogens with zero attached hydrogens (tertiary/aromatic N) is 1. The number of nitrogens with one attached hydrogen (secondary N) is 1. The third kappa shape index (κ3) is 2.52. The van der Waals surface area contributed by atoms with E-state index in [2.05, 4.69) is 23.3 Å². The Kier molecular flexibility index (Phi) is 3.41. The second-order valence-electron chi connectivity index (χ2n) is 3.81. The van der Waals surface area contributed by atoms with Crippen molar-refractivity contribution in [2.24, 2.45) is 0 Å². The minimum absolute atomic E-state index is 0.270. The Balaban J connectivity index is 2.00. The van der Waals surface area contributed by atoms with E-state index >= 15 is 0 Å². The highest BCUT2D eigenvalue weighted by Crippen LogP contribution is 2.30. The predicted molar refractivity (Wildman–Crippen MR) is 62.5 cm³/mol. The van der Waals surface area contributed by atoms with Gasteiger partial charge >= 0.3 is 0 Å². The maximum Gasteiger partial charge on any atom is 0.260 e. The molecule has 2 rings (SSSR count). The van der Waals surface area contributed by atoms with Crippen molar-refractivity contribution in [3.05, 3.63) is 23.9 Å². The lowest BCUT2D eigenvalue weighted by atomic mass is 10.2. The molecule has 0 saturated heterocycles. The fraction of sp³-hybridized carbons (Fsp3) is 0.417. The Morgan fingerprint density at radius 3 is 3.25 bits per heavy atom. The van der Waals surface area contributed by atoms with E-state index in [-0.39, 0.29) is 6.79 Å². The van der Waals surface area contributed by atoms with Crippen molar-refractivity contribution in [2.75, 3.05) is 13.8 Å². The van der Waals surface area contributed by atoms with Crippen LogP contribution in [-0.4, -0.2) is 24.9 Å². The molecule has 1 N–H and O–H groups in total. The van der Waals surface area contributed by atoms with Crippen molar-refractivity contribution < 1.29 is 9.47 Å². The van der Waals surface area contributed by atoms with Crippen LogP contribution in [0, 0.1) is 0 Å². The van der Waals surface area contributed by atoms with Gasteiger partial charge in [-0.1, -0.05) is 12.2 Å². The number of hydrogen-bond donors (Lipinski definition) is 1. The quantitative estimate of drug-likeness (QED) is 0.840. The topological polar surface area (TPSA) is 43.4 Å². The third-order valence-electron chi connectivity index (χ3n) is 2.54. The molecule has 4 heteroatoms. The Bertz CT molecular complexity index is 391. The van der Waals surface area contributed by atoms with E-state index in [4.69, 9.17) is 9.47 Å². The van der Waals surface area contributed by atoms with E-state index in [0.29, 0.717) is 11.9 Å². The van der Waals surface area contributed by atoms with E-state index < -0.39 is 0 Å². The van der Waals surface area contributed by atoms with Gasteiger partial charge in [-0.15, -0.1) is 0 Å². The Morgan fingerprint density at radius 1 is 1.56 bits per heavy atom. The van der Waals surface area contributed by atoms with Crippen LogP contribution in [0.15, 0.2) is 18.3 Å². The molecule has 0 fully saturated rings. The lowest BCUT2D eigenvalue weighted by Gasteiger charge is -2.04. The number of hydrogen-bond acceptors (Lipinski definition) is 4. The smallest absolute Gasteiger partial charge is 0.260 e. The van der Waals surface area contributed by atoms with Crippen LogP contribution in [0.25, 0.3) is 6.08 Å². The van der Waals surface area contributed by atoms with Gasteiger partial charge in [0, 0.05) is 12.2 Å². The summed E-state index contributed by atoms with van der Waals surface area (Å²) in [6.45, 7) is 2.41. The molecule has 0 bridgehead atoms. The van der Waals surface area contributed by atoms with E-state index in [1.165, 1.54) is 0 Å². The zero-order valence-corrected chi connectivity index (χ0v) is 9.56. The summed E-state index contributed by atoms with van der Waals surface area (Å²) in [6, 6.07) is 2.42. The average Bonchev–Trinajstić information content (AvgIpc) is 2.76. The molecule has 1 atom stereocenters. The Hall–Kier alpha value is -1.55. The Labute approximate surface area is 95.3 Å². The van der Waals surface area contributed by atoms with Gasteiger partial charge in [-0.3, -0.25) is 0 Å². The SMILES string of the molecule is CNC(C)CC=Cc1cnc2c(c1)OCO2. The standard InChI is InChI=1S/C12H16N2O2/c1-9(13-2)4-3-5-10-6-11-12(14-7-10)16-8-15-11/h3,5-7,9,13H,4,8H2,1-2H3. The summed E-state index contributed by atoms with van der Waals surface area (Å²) in [5.41, 5.74) is 1.03. The predicted octanol–water partition coefficient (Wildman–Crippen LogP) is 1.82. The molecule has 0 spiro atoms. The van der Waals surface area contributed by atoms with E-state index in [9.17, 15) is 0 Å². The third-order valence-corrected chi connectivity index (χ3v) is 2.54. The van der Waals surface area contributed by atoms with Crippen LogP contribution in [0.1, 0.15) is 18.9 Å². The molecule has 86 valence electrons.